The number of hydrogen-bond acceptors (Lipinski definition) is 5. The average Bonchev–Trinajstić information content (AvgIpc) is 2.64. The van der Waals surface area contributed by atoms with E-state index in [1.165, 1.54) is 11.7 Å². The Kier molecular flexibility index (Phi) is 5.31. The lowest BCUT2D eigenvalue weighted by molar-refractivity contribution is 0.0694. The summed E-state index contributed by atoms with van der Waals surface area (Å²) in [7, 11) is 3.32. The van der Waals surface area contributed by atoms with Crippen molar-refractivity contribution >= 4 is 22.6 Å². The van der Waals surface area contributed by atoms with E-state index in [4.69, 9.17) is 4.74 Å². The standard InChI is InChI=1S/C18H21F2N3O4/c1-21-5-7-22(8-6-21)15-13(20)9-11-14(17(15)27-2)23(4-3-19)10-12(16(11)24)18(25)26/h9-10H,3-8H2,1-2H3,(H,25,26). The van der Waals surface area contributed by atoms with Crippen LogP contribution in [0.15, 0.2) is 17.1 Å². The lowest BCUT2D eigenvalue weighted by atomic mass is 10.1. The first-order valence-corrected chi connectivity index (χ1v) is 8.55. The molecular formula is C18H21F2N3O4. The van der Waals surface area contributed by atoms with Gasteiger partial charge in [-0.25, -0.2) is 13.6 Å². The number of methoxy groups -OCH3 is 1. The molecule has 1 aromatic carbocycles. The number of aromatic nitrogens is 1. The van der Waals surface area contributed by atoms with Crippen molar-refractivity contribution in [1.82, 2.24) is 9.47 Å². The zero-order valence-electron chi connectivity index (χ0n) is 15.2. The molecule has 0 spiro atoms. The summed E-state index contributed by atoms with van der Waals surface area (Å²) in [5.74, 6) is -2.01. The number of anilines is 1. The van der Waals surface area contributed by atoms with E-state index in [0.717, 1.165) is 25.4 Å². The summed E-state index contributed by atoms with van der Waals surface area (Å²) >= 11 is 0. The van der Waals surface area contributed by atoms with Crippen LogP contribution in [0.2, 0.25) is 0 Å². The maximum atomic E-state index is 15.0. The van der Waals surface area contributed by atoms with Gasteiger partial charge in [0.05, 0.1) is 24.6 Å². The molecule has 0 amide bonds. The van der Waals surface area contributed by atoms with Gasteiger partial charge in [-0.05, 0) is 13.1 Å². The summed E-state index contributed by atoms with van der Waals surface area (Å²) in [6, 6.07) is 1.02. The van der Waals surface area contributed by atoms with Crippen LogP contribution in [0.5, 0.6) is 5.75 Å². The third-order valence-corrected chi connectivity index (χ3v) is 4.82. The molecule has 7 nitrogen and oxygen atoms in total. The Morgan fingerprint density at radius 2 is 1.96 bits per heavy atom. The molecule has 0 bridgehead atoms. The van der Waals surface area contributed by atoms with E-state index < -0.39 is 29.5 Å². The molecule has 0 atom stereocenters. The van der Waals surface area contributed by atoms with Crippen molar-refractivity contribution < 1.29 is 23.4 Å². The third-order valence-electron chi connectivity index (χ3n) is 4.82. The lowest BCUT2D eigenvalue weighted by Gasteiger charge is -2.35. The Bertz CT molecular complexity index is 937. The Labute approximate surface area is 154 Å². The Morgan fingerprint density at radius 1 is 1.30 bits per heavy atom. The Morgan fingerprint density at radius 3 is 2.52 bits per heavy atom. The van der Waals surface area contributed by atoms with E-state index in [9.17, 15) is 23.5 Å². The molecule has 1 aliphatic rings. The Balaban J connectivity index is 2.32. The highest BCUT2D eigenvalue weighted by atomic mass is 19.1. The van der Waals surface area contributed by atoms with Gasteiger partial charge >= 0.3 is 5.97 Å². The summed E-state index contributed by atoms with van der Waals surface area (Å²) in [5, 5.41) is 9.11. The van der Waals surface area contributed by atoms with Crippen molar-refractivity contribution in [3.8, 4) is 5.75 Å². The fourth-order valence-corrected chi connectivity index (χ4v) is 3.43. The fraction of sp³-hybridized carbons (Fsp3) is 0.444. The van der Waals surface area contributed by atoms with E-state index in [0.29, 0.717) is 13.1 Å². The number of carboxylic acids is 1. The largest absolute Gasteiger partial charge is 0.492 e. The van der Waals surface area contributed by atoms with E-state index in [1.54, 1.807) is 0 Å². The molecule has 27 heavy (non-hydrogen) atoms. The summed E-state index contributed by atoms with van der Waals surface area (Å²) in [5.41, 5.74) is -0.965. The average molecular weight is 381 g/mol. The molecule has 9 heteroatoms. The van der Waals surface area contributed by atoms with Crippen molar-refractivity contribution in [1.29, 1.82) is 0 Å². The SMILES string of the molecule is COc1c(N2CCN(C)CC2)c(F)cc2c(=O)c(C(=O)O)cn(CCF)c12. The number of hydrogen-bond donors (Lipinski definition) is 1. The number of fused-ring (bicyclic) bond motifs is 1. The molecule has 1 fully saturated rings. The van der Waals surface area contributed by atoms with Gasteiger partial charge in [0.15, 0.2) is 11.6 Å². The number of carboxylic acid groups (broad SMARTS) is 1. The number of rotatable bonds is 5. The molecule has 2 aromatic rings. The maximum Gasteiger partial charge on any atom is 0.341 e. The van der Waals surface area contributed by atoms with Crippen LogP contribution in [0.25, 0.3) is 10.9 Å². The second-order valence-electron chi connectivity index (χ2n) is 6.49. The maximum absolute atomic E-state index is 15.0. The fourth-order valence-electron chi connectivity index (χ4n) is 3.43. The number of carbonyl (C=O) groups is 1. The van der Waals surface area contributed by atoms with Gasteiger partial charge in [0, 0.05) is 32.4 Å². The first kappa shape index (κ1) is 19.1. The molecule has 1 aliphatic heterocycles. The van der Waals surface area contributed by atoms with Gasteiger partial charge in [0.1, 0.15) is 17.9 Å². The quantitative estimate of drug-likeness (QED) is 0.848. The first-order valence-electron chi connectivity index (χ1n) is 8.55. The van der Waals surface area contributed by atoms with Crippen molar-refractivity contribution in [2.45, 2.75) is 6.54 Å². The number of aromatic carboxylic acids is 1. The molecule has 1 saturated heterocycles. The summed E-state index contributed by atoms with van der Waals surface area (Å²) in [6.45, 7) is 1.64. The van der Waals surface area contributed by atoms with Crippen LogP contribution in [-0.2, 0) is 6.54 Å². The second-order valence-corrected chi connectivity index (χ2v) is 6.49. The smallest absolute Gasteiger partial charge is 0.341 e. The zero-order valence-corrected chi connectivity index (χ0v) is 15.2. The van der Waals surface area contributed by atoms with Gasteiger partial charge in [0.25, 0.3) is 0 Å². The number of halogens is 2. The van der Waals surface area contributed by atoms with E-state index in [2.05, 4.69) is 4.90 Å². The van der Waals surface area contributed by atoms with Crippen LogP contribution in [0.1, 0.15) is 10.4 Å². The molecule has 3 rings (SSSR count). The molecule has 0 saturated carbocycles. The number of aryl methyl sites for hydroxylation is 1. The van der Waals surface area contributed by atoms with E-state index >= 15 is 0 Å². The number of nitrogens with zero attached hydrogens (tertiary/aromatic N) is 3. The van der Waals surface area contributed by atoms with Crippen LogP contribution in [0.4, 0.5) is 14.5 Å². The van der Waals surface area contributed by atoms with Crippen LogP contribution < -0.4 is 15.1 Å². The minimum atomic E-state index is -1.45. The number of likely N-dealkylation sites (N-methyl/N-ethyl adjacent to an activating group) is 1. The number of alkyl halides is 1. The molecule has 0 radical (unpaired) electrons. The minimum absolute atomic E-state index is 0.108. The Hall–Kier alpha value is -2.68. The van der Waals surface area contributed by atoms with E-state index in [-0.39, 0.29) is 28.9 Å². The number of piperazine rings is 1. The highest BCUT2D eigenvalue weighted by Crippen LogP contribution is 2.38. The van der Waals surface area contributed by atoms with Crippen molar-refractivity contribution in [3.63, 3.8) is 0 Å². The molecule has 0 unspecified atom stereocenters. The molecular weight excluding hydrogens is 360 g/mol. The van der Waals surface area contributed by atoms with Crippen LogP contribution in [0.3, 0.4) is 0 Å². The predicted molar refractivity (Wildman–Crippen MR) is 97.4 cm³/mol. The highest BCUT2D eigenvalue weighted by Gasteiger charge is 2.27. The number of benzene rings is 1. The topological polar surface area (TPSA) is 75.0 Å². The minimum Gasteiger partial charge on any atom is -0.492 e. The monoisotopic (exact) mass is 381 g/mol. The molecule has 1 N–H and O–H groups in total. The van der Waals surface area contributed by atoms with Crippen LogP contribution in [-0.4, -0.2) is 67.6 Å². The highest BCUT2D eigenvalue weighted by molar-refractivity contribution is 5.97. The summed E-state index contributed by atoms with van der Waals surface area (Å²) < 4.78 is 34.8. The predicted octanol–water partition coefficient (Wildman–Crippen LogP) is 1.57. The van der Waals surface area contributed by atoms with Crippen LogP contribution in [0, 0.1) is 5.82 Å². The van der Waals surface area contributed by atoms with Crippen LogP contribution >= 0.6 is 0 Å². The van der Waals surface area contributed by atoms with Gasteiger partial charge in [-0.2, -0.15) is 0 Å². The van der Waals surface area contributed by atoms with Gasteiger partial charge in [-0.3, -0.25) is 4.79 Å². The number of ether oxygens (including phenoxy) is 1. The van der Waals surface area contributed by atoms with Gasteiger partial charge in [-0.15, -0.1) is 0 Å². The molecule has 0 aliphatic carbocycles. The summed E-state index contributed by atoms with van der Waals surface area (Å²) in [6.07, 6.45) is 1.08. The van der Waals surface area contributed by atoms with Crippen molar-refractivity contribution in [2.75, 3.05) is 51.9 Å². The summed E-state index contributed by atoms with van der Waals surface area (Å²) in [4.78, 5) is 27.8. The lowest BCUT2D eigenvalue weighted by Crippen LogP contribution is -2.45. The van der Waals surface area contributed by atoms with Crippen molar-refractivity contribution in [3.05, 3.63) is 33.9 Å². The third kappa shape index (κ3) is 3.34. The van der Waals surface area contributed by atoms with Gasteiger partial charge < -0.3 is 24.2 Å². The first-order chi connectivity index (χ1) is 12.9. The molecule has 2 heterocycles. The van der Waals surface area contributed by atoms with Gasteiger partial charge in [-0.1, -0.05) is 0 Å². The normalized spacial score (nSPS) is 15.3. The van der Waals surface area contributed by atoms with Gasteiger partial charge in [0.2, 0.25) is 5.43 Å². The second kappa shape index (κ2) is 7.51. The van der Waals surface area contributed by atoms with E-state index in [1.807, 2.05) is 11.9 Å². The molecule has 146 valence electrons. The number of pyridine rings is 1. The zero-order chi connectivity index (χ0) is 19.7. The molecule has 1 aromatic heterocycles. The van der Waals surface area contributed by atoms with Crippen molar-refractivity contribution in [2.24, 2.45) is 0 Å².